The lowest BCUT2D eigenvalue weighted by Crippen LogP contribution is -2.46. The molecule has 1 unspecified atom stereocenters. The molecule has 0 spiro atoms. The minimum absolute atomic E-state index is 0.151. The zero-order valence-corrected chi connectivity index (χ0v) is 17.6. The number of hydrogen-bond donors (Lipinski definition) is 3. The Labute approximate surface area is 175 Å². The van der Waals surface area contributed by atoms with Crippen LogP contribution in [0.25, 0.3) is 0 Å². The number of halogens is 1. The molecule has 0 radical (unpaired) electrons. The summed E-state index contributed by atoms with van der Waals surface area (Å²) >= 11 is 3.15. The highest BCUT2D eigenvalue weighted by Gasteiger charge is 2.32. The van der Waals surface area contributed by atoms with Gasteiger partial charge in [-0.3, -0.25) is 14.9 Å². The first kappa shape index (κ1) is 20.5. The second-order valence-corrected chi connectivity index (χ2v) is 7.72. The van der Waals surface area contributed by atoms with Crippen LogP contribution in [0.2, 0.25) is 0 Å². The van der Waals surface area contributed by atoms with E-state index in [1.54, 1.807) is 13.0 Å². The fourth-order valence-corrected chi connectivity index (χ4v) is 3.73. The van der Waals surface area contributed by atoms with Gasteiger partial charge in [0.15, 0.2) is 0 Å². The predicted molar refractivity (Wildman–Crippen MR) is 112 cm³/mol. The van der Waals surface area contributed by atoms with E-state index in [-0.39, 0.29) is 11.3 Å². The number of carbonyl (C=O) groups excluding carboxylic acids is 2. The number of nitro groups is 1. The highest BCUT2D eigenvalue weighted by atomic mass is 79.9. The SMILES string of the molecule is CC1=C(C(=O)Nc2cc(C)cc(C)c2)C(c2ccc(Br)c([N+](=O)[O-])c2)NC(=O)N1. The maximum atomic E-state index is 13.1. The molecule has 1 aliphatic heterocycles. The molecule has 0 bridgehead atoms. The van der Waals surface area contributed by atoms with Crippen LogP contribution in [0.1, 0.15) is 29.7 Å². The van der Waals surface area contributed by atoms with Gasteiger partial charge >= 0.3 is 6.03 Å². The third kappa shape index (κ3) is 4.45. The molecule has 150 valence electrons. The van der Waals surface area contributed by atoms with Gasteiger partial charge in [-0.05, 0) is 71.6 Å². The molecule has 2 aromatic carbocycles. The van der Waals surface area contributed by atoms with Crippen molar-refractivity contribution in [3.05, 3.63) is 78.9 Å². The smallest absolute Gasteiger partial charge is 0.319 e. The first-order valence-electron chi connectivity index (χ1n) is 8.77. The Morgan fingerprint density at radius 1 is 1.14 bits per heavy atom. The van der Waals surface area contributed by atoms with Crippen molar-refractivity contribution < 1.29 is 14.5 Å². The van der Waals surface area contributed by atoms with Gasteiger partial charge in [-0.2, -0.15) is 0 Å². The Bertz CT molecular complexity index is 1040. The molecule has 1 atom stereocenters. The zero-order chi connectivity index (χ0) is 21.3. The highest BCUT2D eigenvalue weighted by molar-refractivity contribution is 9.10. The lowest BCUT2D eigenvalue weighted by molar-refractivity contribution is -0.385. The molecule has 0 fully saturated rings. The Kier molecular flexibility index (Phi) is 5.69. The van der Waals surface area contributed by atoms with Crippen molar-refractivity contribution in [2.75, 3.05) is 5.32 Å². The summed E-state index contributed by atoms with van der Waals surface area (Å²) < 4.78 is 0.313. The van der Waals surface area contributed by atoms with Gasteiger partial charge < -0.3 is 16.0 Å². The van der Waals surface area contributed by atoms with Gasteiger partial charge in [-0.15, -0.1) is 0 Å². The summed E-state index contributed by atoms with van der Waals surface area (Å²) in [5.41, 5.74) is 3.57. The molecular weight excluding hydrogens is 440 g/mol. The van der Waals surface area contributed by atoms with Crippen molar-refractivity contribution in [3.63, 3.8) is 0 Å². The summed E-state index contributed by atoms with van der Waals surface area (Å²) in [7, 11) is 0. The normalized spacial score (nSPS) is 16.1. The number of rotatable bonds is 4. The number of urea groups is 1. The predicted octanol–water partition coefficient (Wildman–Crippen LogP) is 4.24. The highest BCUT2D eigenvalue weighted by Crippen LogP contribution is 2.33. The van der Waals surface area contributed by atoms with E-state index >= 15 is 0 Å². The molecule has 3 rings (SSSR count). The Morgan fingerprint density at radius 2 is 1.79 bits per heavy atom. The molecule has 0 aromatic heterocycles. The molecule has 0 aliphatic carbocycles. The number of hydrogen-bond acceptors (Lipinski definition) is 4. The minimum Gasteiger partial charge on any atom is -0.327 e. The standard InChI is InChI=1S/C20H19BrN4O4/c1-10-6-11(2)8-14(7-10)23-19(26)17-12(3)22-20(27)24-18(17)13-4-5-15(21)16(9-13)25(28)29/h4-9,18H,1-3H3,(H,23,26)(H2,22,24,27). The van der Waals surface area contributed by atoms with E-state index in [0.717, 1.165) is 11.1 Å². The zero-order valence-electron chi connectivity index (χ0n) is 16.0. The Balaban J connectivity index is 2.01. The molecule has 3 N–H and O–H groups in total. The quantitative estimate of drug-likeness (QED) is 0.469. The number of aryl methyl sites for hydroxylation is 2. The summed E-state index contributed by atoms with van der Waals surface area (Å²) in [5.74, 6) is -0.407. The van der Waals surface area contributed by atoms with Gasteiger partial charge in [0.1, 0.15) is 0 Å². The number of carbonyl (C=O) groups is 2. The van der Waals surface area contributed by atoms with Gasteiger partial charge in [0.05, 0.1) is 21.0 Å². The van der Waals surface area contributed by atoms with E-state index < -0.39 is 22.9 Å². The second kappa shape index (κ2) is 8.04. The van der Waals surface area contributed by atoms with Crippen molar-refractivity contribution in [1.82, 2.24) is 10.6 Å². The number of benzene rings is 2. The fourth-order valence-electron chi connectivity index (χ4n) is 3.34. The van der Waals surface area contributed by atoms with E-state index in [1.165, 1.54) is 12.1 Å². The molecule has 1 heterocycles. The monoisotopic (exact) mass is 458 g/mol. The summed E-state index contributed by atoms with van der Waals surface area (Å²) in [6.07, 6.45) is 0. The molecule has 29 heavy (non-hydrogen) atoms. The molecule has 0 saturated heterocycles. The van der Waals surface area contributed by atoms with E-state index in [4.69, 9.17) is 0 Å². The van der Waals surface area contributed by atoms with E-state index in [0.29, 0.717) is 21.4 Å². The van der Waals surface area contributed by atoms with Crippen molar-refractivity contribution >= 4 is 39.2 Å². The average molecular weight is 459 g/mol. The number of anilines is 1. The van der Waals surface area contributed by atoms with E-state index in [2.05, 4.69) is 31.9 Å². The molecule has 8 nitrogen and oxygen atoms in total. The van der Waals surface area contributed by atoms with Gasteiger partial charge in [0.2, 0.25) is 0 Å². The number of nitrogens with zero attached hydrogens (tertiary/aromatic N) is 1. The molecule has 3 amide bonds. The molecule has 9 heteroatoms. The van der Waals surface area contributed by atoms with E-state index in [9.17, 15) is 19.7 Å². The number of allylic oxidation sites excluding steroid dienone is 1. The van der Waals surface area contributed by atoms with Crippen LogP contribution in [-0.4, -0.2) is 16.9 Å². The van der Waals surface area contributed by atoms with Crippen molar-refractivity contribution in [2.45, 2.75) is 26.8 Å². The average Bonchev–Trinajstić information content (AvgIpc) is 2.60. The van der Waals surface area contributed by atoms with Gasteiger partial charge in [0, 0.05) is 17.5 Å². The number of nitro benzene ring substituents is 1. The maximum Gasteiger partial charge on any atom is 0.319 e. The number of nitrogens with one attached hydrogen (secondary N) is 3. The van der Waals surface area contributed by atoms with Crippen molar-refractivity contribution in [3.8, 4) is 0 Å². The van der Waals surface area contributed by atoms with Crippen LogP contribution in [0.15, 0.2) is 52.1 Å². The van der Waals surface area contributed by atoms with Crippen LogP contribution < -0.4 is 16.0 Å². The summed E-state index contributed by atoms with van der Waals surface area (Å²) in [4.78, 5) is 35.9. The second-order valence-electron chi connectivity index (χ2n) is 6.87. The summed E-state index contributed by atoms with van der Waals surface area (Å²) in [6.45, 7) is 5.48. The lowest BCUT2D eigenvalue weighted by Gasteiger charge is -2.28. The van der Waals surface area contributed by atoms with Crippen LogP contribution in [0, 0.1) is 24.0 Å². The summed E-state index contributed by atoms with van der Waals surface area (Å²) in [6, 6.07) is 8.86. The molecule has 1 aliphatic rings. The number of amides is 3. The maximum absolute atomic E-state index is 13.1. The van der Waals surface area contributed by atoms with Crippen LogP contribution >= 0.6 is 15.9 Å². The first-order chi connectivity index (χ1) is 13.7. The van der Waals surface area contributed by atoms with Crippen LogP contribution in [0.5, 0.6) is 0 Å². The molecule has 0 saturated carbocycles. The summed E-state index contributed by atoms with van der Waals surface area (Å²) in [5, 5.41) is 19.4. The molecular formula is C20H19BrN4O4. The Hall–Kier alpha value is -3.20. The van der Waals surface area contributed by atoms with Gasteiger partial charge in [-0.25, -0.2) is 4.79 Å². The minimum atomic E-state index is -0.832. The van der Waals surface area contributed by atoms with Crippen LogP contribution in [-0.2, 0) is 4.79 Å². The van der Waals surface area contributed by atoms with Crippen molar-refractivity contribution in [2.24, 2.45) is 0 Å². The fraction of sp³-hybridized carbons (Fsp3) is 0.200. The molecule has 2 aromatic rings. The Morgan fingerprint density at radius 3 is 2.41 bits per heavy atom. The third-order valence-corrected chi connectivity index (χ3v) is 5.16. The van der Waals surface area contributed by atoms with Crippen LogP contribution in [0.3, 0.4) is 0 Å². The van der Waals surface area contributed by atoms with Gasteiger partial charge in [0.25, 0.3) is 11.6 Å². The first-order valence-corrected chi connectivity index (χ1v) is 9.57. The van der Waals surface area contributed by atoms with E-state index in [1.807, 2.05) is 32.0 Å². The topological polar surface area (TPSA) is 113 Å². The largest absolute Gasteiger partial charge is 0.327 e. The van der Waals surface area contributed by atoms with Gasteiger partial charge in [-0.1, -0.05) is 12.1 Å². The third-order valence-electron chi connectivity index (χ3n) is 4.49. The van der Waals surface area contributed by atoms with Crippen LogP contribution in [0.4, 0.5) is 16.2 Å². The van der Waals surface area contributed by atoms with Crippen molar-refractivity contribution in [1.29, 1.82) is 0 Å². The lowest BCUT2D eigenvalue weighted by atomic mass is 9.94.